The van der Waals surface area contributed by atoms with Crippen LogP contribution >= 0.6 is 0 Å². The molecule has 2 aromatic rings. The van der Waals surface area contributed by atoms with Crippen molar-refractivity contribution in [3.63, 3.8) is 0 Å². The van der Waals surface area contributed by atoms with Crippen molar-refractivity contribution in [3.05, 3.63) is 35.5 Å². The Balaban J connectivity index is 1.93. The van der Waals surface area contributed by atoms with Gasteiger partial charge in [0.05, 0.1) is 5.69 Å². The Morgan fingerprint density at radius 3 is 2.15 bits per heavy atom. The van der Waals surface area contributed by atoms with Gasteiger partial charge in [0.15, 0.2) is 0 Å². The summed E-state index contributed by atoms with van der Waals surface area (Å²) in [6, 6.07) is 8.44. The Morgan fingerprint density at radius 1 is 0.852 bits per heavy atom. The van der Waals surface area contributed by atoms with Gasteiger partial charge in [-0.2, -0.15) is 0 Å². The second-order valence-corrected chi connectivity index (χ2v) is 7.67. The van der Waals surface area contributed by atoms with E-state index in [0.717, 1.165) is 24.4 Å². The predicted octanol–water partition coefficient (Wildman–Crippen LogP) is 5.79. The average molecular weight is 371 g/mol. The third-order valence-corrected chi connectivity index (χ3v) is 5.35. The summed E-state index contributed by atoms with van der Waals surface area (Å²) in [6.07, 6.45) is 11.6. The molecule has 1 aromatic carbocycles. The van der Waals surface area contributed by atoms with Crippen molar-refractivity contribution < 1.29 is 0 Å². The average Bonchev–Trinajstić information content (AvgIpc) is 3.14. The van der Waals surface area contributed by atoms with E-state index >= 15 is 0 Å². The second-order valence-electron chi connectivity index (χ2n) is 7.67. The van der Waals surface area contributed by atoms with Gasteiger partial charge >= 0.3 is 0 Å². The van der Waals surface area contributed by atoms with Gasteiger partial charge in [0.25, 0.3) is 0 Å². The first-order chi connectivity index (χ1) is 13.3. The third-order valence-electron chi connectivity index (χ3n) is 5.35. The van der Waals surface area contributed by atoms with Gasteiger partial charge in [0.1, 0.15) is 5.69 Å². The van der Waals surface area contributed by atoms with E-state index < -0.39 is 0 Å². The molecular formula is C23H38N4. The maximum Gasteiger partial charge on any atom is 0.116 e. The smallest absolute Gasteiger partial charge is 0.116 e. The van der Waals surface area contributed by atoms with Crippen LogP contribution in [0, 0.1) is 6.92 Å². The summed E-state index contributed by atoms with van der Waals surface area (Å²) >= 11 is 0. The molecule has 0 fully saturated rings. The summed E-state index contributed by atoms with van der Waals surface area (Å²) < 4.78 is 0. The minimum absolute atomic E-state index is 0.984. The summed E-state index contributed by atoms with van der Waals surface area (Å²) in [6.45, 7) is 10.2. The molecule has 4 nitrogen and oxygen atoms in total. The largest absolute Gasteiger partial charge is 0.303 e. The first-order valence-corrected chi connectivity index (χ1v) is 10.9. The number of hydrogen-bond acceptors (Lipinski definition) is 3. The highest BCUT2D eigenvalue weighted by Crippen LogP contribution is 2.23. The van der Waals surface area contributed by atoms with Gasteiger partial charge in [-0.1, -0.05) is 81.9 Å². The van der Waals surface area contributed by atoms with Gasteiger partial charge in [-0.05, 0) is 38.4 Å². The fraction of sp³-hybridized carbons (Fsp3) is 0.652. The first kappa shape index (κ1) is 21.6. The SMILES string of the molecule is CCCCCCN(CCCCCC)CCc1[nH]nnc1-c1ccccc1C. The van der Waals surface area contributed by atoms with Crippen molar-refractivity contribution >= 4 is 0 Å². The van der Waals surface area contributed by atoms with E-state index in [9.17, 15) is 0 Å². The van der Waals surface area contributed by atoms with E-state index in [-0.39, 0.29) is 0 Å². The lowest BCUT2D eigenvalue weighted by Crippen LogP contribution is -2.28. The molecule has 1 aromatic heterocycles. The highest BCUT2D eigenvalue weighted by molar-refractivity contribution is 5.65. The lowest BCUT2D eigenvalue weighted by molar-refractivity contribution is 0.263. The number of hydrogen-bond donors (Lipinski definition) is 1. The van der Waals surface area contributed by atoms with Crippen LogP contribution < -0.4 is 0 Å². The normalized spacial score (nSPS) is 11.4. The van der Waals surface area contributed by atoms with Crippen LogP contribution in [0.1, 0.15) is 76.5 Å². The molecule has 0 amide bonds. The lowest BCUT2D eigenvalue weighted by Gasteiger charge is -2.22. The van der Waals surface area contributed by atoms with Gasteiger partial charge in [0.2, 0.25) is 0 Å². The summed E-state index contributed by atoms with van der Waals surface area (Å²) in [5.41, 5.74) is 4.63. The molecule has 0 atom stereocenters. The highest BCUT2D eigenvalue weighted by Gasteiger charge is 2.13. The third kappa shape index (κ3) is 7.45. The molecule has 0 saturated heterocycles. The Labute approximate surface area is 165 Å². The zero-order valence-corrected chi connectivity index (χ0v) is 17.6. The number of benzene rings is 1. The lowest BCUT2D eigenvalue weighted by atomic mass is 10.0. The van der Waals surface area contributed by atoms with Gasteiger partial charge in [-0.25, -0.2) is 0 Å². The molecule has 0 radical (unpaired) electrons. The van der Waals surface area contributed by atoms with Crippen LogP contribution in [0.25, 0.3) is 11.3 Å². The van der Waals surface area contributed by atoms with Crippen LogP contribution in [0.3, 0.4) is 0 Å². The van der Waals surface area contributed by atoms with Crippen molar-refractivity contribution in [2.45, 2.75) is 78.6 Å². The van der Waals surface area contributed by atoms with Crippen molar-refractivity contribution in [2.24, 2.45) is 0 Å². The zero-order chi connectivity index (χ0) is 19.3. The molecule has 0 aliphatic carbocycles. The van der Waals surface area contributed by atoms with Gasteiger partial charge in [-0.15, -0.1) is 5.10 Å². The van der Waals surface area contributed by atoms with Crippen LogP contribution in [0.5, 0.6) is 0 Å². The Kier molecular flexibility index (Phi) is 10.1. The predicted molar refractivity (Wildman–Crippen MR) is 115 cm³/mol. The van der Waals surface area contributed by atoms with Crippen LogP contribution in [0.4, 0.5) is 0 Å². The molecule has 0 aliphatic rings. The molecule has 1 N–H and O–H groups in total. The van der Waals surface area contributed by atoms with E-state index in [1.54, 1.807) is 0 Å². The number of aromatic amines is 1. The zero-order valence-electron chi connectivity index (χ0n) is 17.6. The van der Waals surface area contributed by atoms with E-state index in [1.165, 1.54) is 75.6 Å². The molecule has 27 heavy (non-hydrogen) atoms. The minimum Gasteiger partial charge on any atom is -0.303 e. The Bertz CT molecular complexity index is 623. The second kappa shape index (κ2) is 12.7. The number of nitrogens with zero attached hydrogens (tertiary/aromatic N) is 3. The van der Waals surface area contributed by atoms with Crippen molar-refractivity contribution in [1.82, 2.24) is 20.3 Å². The molecule has 0 spiro atoms. The summed E-state index contributed by atoms with van der Waals surface area (Å²) in [5.74, 6) is 0. The van der Waals surface area contributed by atoms with Crippen LogP contribution in [0.2, 0.25) is 0 Å². The first-order valence-electron chi connectivity index (χ1n) is 10.9. The number of aryl methyl sites for hydroxylation is 1. The molecule has 1 heterocycles. The number of nitrogens with one attached hydrogen (secondary N) is 1. The molecule has 0 bridgehead atoms. The number of unbranched alkanes of at least 4 members (excludes halogenated alkanes) is 6. The fourth-order valence-electron chi connectivity index (χ4n) is 3.61. The van der Waals surface area contributed by atoms with E-state index in [0.29, 0.717) is 0 Å². The van der Waals surface area contributed by atoms with Crippen molar-refractivity contribution in [2.75, 3.05) is 19.6 Å². The minimum atomic E-state index is 0.984. The summed E-state index contributed by atoms with van der Waals surface area (Å²) in [7, 11) is 0. The molecule has 0 aliphatic heterocycles. The summed E-state index contributed by atoms with van der Waals surface area (Å²) in [5, 5.41) is 11.6. The quantitative estimate of drug-likeness (QED) is 0.428. The molecular weight excluding hydrogens is 332 g/mol. The van der Waals surface area contributed by atoms with Gasteiger partial charge < -0.3 is 4.90 Å². The monoisotopic (exact) mass is 370 g/mol. The van der Waals surface area contributed by atoms with Crippen LogP contribution in [-0.2, 0) is 6.42 Å². The molecule has 4 heteroatoms. The van der Waals surface area contributed by atoms with Crippen molar-refractivity contribution in [3.8, 4) is 11.3 Å². The maximum absolute atomic E-state index is 4.37. The van der Waals surface area contributed by atoms with Gasteiger partial charge in [0, 0.05) is 18.5 Å². The van der Waals surface area contributed by atoms with Gasteiger partial charge in [-0.3, -0.25) is 5.10 Å². The highest BCUT2D eigenvalue weighted by atomic mass is 15.3. The van der Waals surface area contributed by atoms with E-state index in [4.69, 9.17) is 0 Å². The maximum atomic E-state index is 4.37. The number of aromatic nitrogens is 3. The molecule has 0 unspecified atom stereocenters. The molecule has 2 rings (SSSR count). The standard InChI is InChI=1S/C23H38N4/c1-4-6-8-12-17-27(18-13-9-7-5-2)19-16-22-23(25-26-24-22)21-15-11-10-14-20(21)3/h10-11,14-15H,4-9,12-13,16-19H2,1-3H3,(H,24,25,26). The molecule has 0 saturated carbocycles. The summed E-state index contributed by atoms with van der Waals surface area (Å²) in [4.78, 5) is 2.65. The molecule has 150 valence electrons. The topological polar surface area (TPSA) is 44.8 Å². The van der Waals surface area contributed by atoms with Crippen molar-refractivity contribution in [1.29, 1.82) is 0 Å². The number of H-pyrrole nitrogens is 1. The fourth-order valence-corrected chi connectivity index (χ4v) is 3.61. The Hall–Kier alpha value is -1.68. The van der Waals surface area contributed by atoms with Crippen LogP contribution in [0.15, 0.2) is 24.3 Å². The number of rotatable bonds is 14. The van der Waals surface area contributed by atoms with E-state index in [2.05, 4.69) is 65.3 Å². The Morgan fingerprint density at radius 2 is 1.52 bits per heavy atom. The van der Waals surface area contributed by atoms with E-state index in [1.807, 2.05) is 0 Å². The van der Waals surface area contributed by atoms with Crippen LogP contribution in [-0.4, -0.2) is 39.9 Å².